The highest BCUT2D eigenvalue weighted by molar-refractivity contribution is 7.46. The van der Waals surface area contributed by atoms with Crippen LogP contribution >= 0.6 is 7.82 Å². The quantitative estimate of drug-likeness (QED) is 0.0411. The van der Waals surface area contributed by atoms with Crippen molar-refractivity contribution in [3.05, 3.63) is 60.8 Å². The van der Waals surface area contributed by atoms with Crippen molar-refractivity contribution in [3.63, 3.8) is 0 Å². The first kappa shape index (κ1) is 39.8. The topological polar surface area (TPSA) is 119 Å². The van der Waals surface area contributed by atoms with E-state index in [4.69, 9.17) is 19.3 Å². The lowest BCUT2D eigenvalue weighted by Gasteiger charge is -2.18. The van der Waals surface area contributed by atoms with Gasteiger partial charge in [-0.3, -0.25) is 14.1 Å². The van der Waals surface area contributed by atoms with Gasteiger partial charge in [0.05, 0.1) is 6.61 Å². The number of rotatable bonds is 27. The number of esters is 2. The molecule has 0 unspecified atom stereocenters. The number of hydrogen-bond donors (Lipinski definition) is 2. The van der Waals surface area contributed by atoms with Gasteiger partial charge in [-0.15, -0.1) is 0 Å². The normalized spacial score (nSPS) is 13.3. The summed E-state index contributed by atoms with van der Waals surface area (Å²) in [7, 11) is -4.75. The highest BCUT2D eigenvalue weighted by atomic mass is 31.2. The molecule has 0 amide bonds. The molecule has 0 aromatic carbocycles. The fourth-order valence-electron chi connectivity index (χ4n) is 3.76. The number of phosphoric acid groups is 1. The summed E-state index contributed by atoms with van der Waals surface area (Å²) >= 11 is 0. The number of carbonyl (C=O) groups is 2. The zero-order valence-electron chi connectivity index (χ0n) is 25.9. The van der Waals surface area contributed by atoms with Crippen molar-refractivity contribution in [2.45, 2.75) is 123 Å². The van der Waals surface area contributed by atoms with Gasteiger partial charge >= 0.3 is 19.8 Å². The predicted molar refractivity (Wildman–Crippen MR) is 170 cm³/mol. The molecule has 9 heteroatoms. The molecule has 0 aliphatic carbocycles. The van der Waals surface area contributed by atoms with Crippen LogP contribution in [0.1, 0.15) is 117 Å². The largest absolute Gasteiger partial charge is 0.469 e. The Labute approximate surface area is 254 Å². The first-order chi connectivity index (χ1) is 20.3. The van der Waals surface area contributed by atoms with Crippen molar-refractivity contribution in [1.82, 2.24) is 0 Å². The van der Waals surface area contributed by atoms with Crippen LogP contribution in [-0.4, -0.2) is 41.0 Å². The lowest BCUT2D eigenvalue weighted by atomic mass is 10.1. The fourth-order valence-corrected chi connectivity index (χ4v) is 4.12. The molecular formula is C33H55O8P. The number of hydrogen-bond acceptors (Lipinski definition) is 6. The maximum atomic E-state index is 12.2. The van der Waals surface area contributed by atoms with Gasteiger partial charge in [0.1, 0.15) is 6.61 Å². The van der Waals surface area contributed by atoms with Crippen LogP contribution in [0.15, 0.2) is 60.8 Å². The van der Waals surface area contributed by atoms with E-state index in [0.29, 0.717) is 19.3 Å². The SMILES string of the molecule is CC/C=C/C/C=C/C/C=C/C/C=C/C/C=C/CCCC(=O)O[C@H](COC(=O)CCCCCCCCC)COP(=O)(O)O. The molecule has 0 fully saturated rings. The van der Waals surface area contributed by atoms with Gasteiger partial charge in [0, 0.05) is 12.8 Å². The van der Waals surface area contributed by atoms with Gasteiger partial charge in [0.15, 0.2) is 6.10 Å². The zero-order valence-corrected chi connectivity index (χ0v) is 26.8. The lowest BCUT2D eigenvalue weighted by Crippen LogP contribution is -2.29. The van der Waals surface area contributed by atoms with Gasteiger partial charge in [0.2, 0.25) is 0 Å². The Hall–Kier alpha value is -2.25. The third-order valence-corrected chi connectivity index (χ3v) is 6.54. The van der Waals surface area contributed by atoms with Crippen LogP contribution in [0.25, 0.3) is 0 Å². The molecule has 0 saturated carbocycles. The average Bonchev–Trinajstić information content (AvgIpc) is 2.95. The molecule has 0 bridgehead atoms. The second-order valence-electron chi connectivity index (χ2n) is 10.1. The van der Waals surface area contributed by atoms with E-state index < -0.39 is 32.5 Å². The predicted octanol–water partition coefficient (Wildman–Crippen LogP) is 8.61. The van der Waals surface area contributed by atoms with Crippen molar-refractivity contribution in [2.24, 2.45) is 0 Å². The molecule has 2 N–H and O–H groups in total. The summed E-state index contributed by atoms with van der Waals surface area (Å²) in [6.07, 6.45) is 34.0. The Morgan fingerprint density at radius 1 is 0.643 bits per heavy atom. The van der Waals surface area contributed by atoms with Crippen LogP contribution in [0.4, 0.5) is 0 Å². The molecule has 0 heterocycles. The van der Waals surface area contributed by atoms with Gasteiger partial charge < -0.3 is 19.3 Å². The molecule has 240 valence electrons. The van der Waals surface area contributed by atoms with E-state index in [9.17, 15) is 14.2 Å². The molecule has 8 nitrogen and oxygen atoms in total. The van der Waals surface area contributed by atoms with E-state index in [0.717, 1.165) is 51.4 Å². The highest BCUT2D eigenvalue weighted by Gasteiger charge is 2.22. The molecule has 0 saturated heterocycles. The minimum absolute atomic E-state index is 0.132. The first-order valence-corrected chi connectivity index (χ1v) is 17.1. The third-order valence-electron chi connectivity index (χ3n) is 6.05. The second-order valence-corrected chi connectivity index (χ2v) is 11.3. The van der Waals surface area contributed by atoms with Gasteiger partial charge in [-0.25, -0.2) is 4.57 Å². The van der Waals surface area contributed by atoms with E-state index >= 15 is 0 Å². The van der Waals surface area contributed by atoms with E-state index in [1.807, 2.05) is 12.2 Å². The standard InChI is InChI=1S/C33H55O8P/c1-3-5-7-9-11-12-13-14-15-16-17-18-19-20-22-24-26-28-33(35)41-31(30-40-42(36,37)38)29-39-32(34)27-25-23-21-10-8-6-4-2/h5,7,11-12,14-15,17-18,20,22,31H,3-4,6,8-10,13,16,19,21,23-30H2,1-2H3,(H2,36,37,38)/b7-5+,12-11+,15-14+,18-17+,22-20+/t31-/m1/s1. The van der Waals surface area contributed by atoms with E-state index in [1.165, 1.54) is 19.3 Å². The summed E-state index contributed by atoms with van der Waals surface area (Å²) in [4.78, 5) is 42.3. The minimum atomic E-state index is -4.75. The molecule has 0 aliphatic rings. The Balaban J connectivity index is 4.17. The van der Waals surface area contributed by atoms with Crippen molar-refractivity contribution in [1.29, 1.82) is 0 Å². The monoisotopic (exact) mass is 610 g/mol. The molecule has 0 radical (unpaired) electrons. The average molecular weight is 611 g/mol. The van der Waals surface area contributed by atoms with Gasteiger partial charge in [-0.1, -0.05) is 113 Å². The molecule has 0 rings (SSSR count). The zero-order chi connectivity index (χ0) is 31.2. The number of phosphoric ester groups is 1. The van der Waals surface area contributed by atoms with E-state index in [-0.39, 0.29) is 19.4 Å². The van der Waals surface area contributed by atoms with Gasteiger partial charge in [0.25, 0.3) is 0 Å². The summed E-state index contributed by atoms with van der Waals surface area (Å²) in [6, 6.07) is 0. The van der Waals surface area contributed by atoms with E-state index in [1.54, 1.807) is 0 Å². The third kappa shape index (κ3) is 30.7. The van der Waals surface area contributed by atoms with Crippen LogP contribution < -0.4 is 0 Å². The Bertz CT molecular complexity index is 869. The summed E-state index contributed by atoms with van der Waals surface area (Å²) in [5.41, 5.74) is 0. The Morgan fingerprint density at radius 2 is 1.14 bits per heavy atom. The van der Waals surface area contributed by atoms with Crippen molar-refractivity contribution >= 4 is 19.8 Å². The summed E-state index contributed by atoms with van der Waals surface area (Å²) in [5, 5.41) is 0. The molecule has 0 aliphatic heterocycles. The molecule has 42 heavy (non-hydrogen) atoms. The van der Waals surface area contributed by atoms with Gasteiger partial charge in [-0.2, -0.15) is 0 Å². The molecule has 0 aromatic rings. The highest BCUT2D eigenvalue weighted by Crippen LogP contribution is 2.35. The van der Waals surface area contributed by atoms with Crippen molar-refractivity contribution < 1.29 is 37.9 Å². The second kappa shape index (κ2) is 28.9. The molecular weight excluding hydrogens is 555 g/mol. The number of carbonyl (C=O) groups excluding carboxylic acids is 2. The minimum Gasteiger partial charge on any atom is -0.462 e. The van der Waals surface area contributed by atoms with Gasteiger partial charge in [-0.05, 0) is 51.4 Å². The maximum absolute atomic E-state index is 12.2. The van der Waals surface area contributed by atoms with Crippen LogP contribution in [0.5, 0.6) is 0 Å². The smallest absolute Gasteiger partial charge is 0.462 e. The Morgan fingerprint density at radius 3 is 1.69 bits per heavy atom. The summed E-state index contributed by atoms with van der Waals surface area (Å²) < 4.78 is 26.0. The van der Waals surface area contributed by atoms with Crippen molar-refractivity contribution in [3.8, 4) is 0 Å². The summed E-state index contributed by atoms with van der Waals surface area (Å²) in [6.45, 7) is 3.42. The van der Waals surface area contributed by atoms with Crippen LogP contribution in [0.3, 0.4) is 0 Å². The van der Waals surface area contributed by atoms with Crippen molar-refractivity contribution in [2.75, 3.05) is 13.2 Å². The van der Waals surface area contributed by atoms with E-state index in [2.05, 4.69) is 67.0 Å². The molecule has 0 spiro atoms. The number of ether oxygens (including phenoxy) is 2. The lowest BCUT2D eigenvalue weighted by molar-refractivity contribution is -0.161. The fraction of sp³-hybridized carbons (Fsp3) is 0.636. The number of unbranched alkanes of at least 4 members (excludes halogenated alkanes) is 7. The van der Waals surface area contributed by atoms with Crippen LogP contribution in [0, 0.1) is 0 Å². The maximum Gasteiger partial charge on any atom is 0.469 e. The Kier molecular flexibility index (Phi) is 27.3. The van der Waals surface area contributed by atoms with Crippen LogP contribution in [-0.2, 0) is 28.2 Å². The molecule has 1 atom stereocenters. The first-order valence-electron chi connectivity index (χ1n) is 15.6. The molecule has 0 aromatic heterocycles. The van der Waals surface area contributed by atoms with Crippen LogP contribution in [0.2, 0.25) is 0 Å². The summed E-state index contributed by atoms with van der Waals surface area (Å²) in [5.74, 6) is -0.969. The number of allylic oxidation sites excluding steroid dienone is 10.